The third-order valence-electron chi connectivity index (χ3n) is 4.13. The molecule has 0 aliphatic carbocycles. The molecule has 27 heavy (non-hydrogen) atoms. The number of amides is 2. The average molecular weight is 368 g/mol. The second-order valence-corrected chi connectivity index (χ2v) is 6.22. The Morgan fingerprint density at radius 1 is 1.11 bits per heavy atom. The fraction of sp³-hybridized carbons (Fsp3) is 0.250. The maximum Gasteiger partial charge on any atom is 0.244 e. The zero-order valence-corrected chi connectivity index (χ0v) is 15.0. The van der Waals surface area contributed by atoms with E-state index in [-0.39, 0.29) is 24.0 Å². The number of para-hydroxylation sites is 3. The number of nitrogens with one attached hydrogen (secondary N) is 2. The molecule has 2 amide bonds. The van der Waals surface area contributed by atoms with Gasteiger partial charge in [-0.05, 0) is 30.7 Å². The maximum atomic E-state index is 13.8. The van der Waals surface area contributed by atoms with Crippen LogP contribution in [0.5, 0.6) is 0 Å². The van der Waals surface area contributed by atoms with Crippen LogP contribution in [0.2, 0.25) is 0 Å². The Morgan fingerprint density at radius 2 is 1.85 bits per heavy atom. The summed E-state index contributed by atoms with van der Waals surface area (Å²) in [6.45, 7) is 2.05. The van der Waals surface area contributed by atoms with Crippen LogP contribution in [0, 0.1) is 5.82 Å². The lowest BCUT2D eigenvalue weighted by molar-refractivity contribution is -0.119. The molecule has 6 nitrogen and oxygen atoms in total. The molecule has 0 fully saturated rings. The van der Waals surface area contributed by atoms with Gasteiger partial charge in [0.25, 0.3) is 0 Å². The molecule has 0 unspecified atom stereocenters. The van der Waals surface area contributed by atoms with Gasteiger partial charge in [-0.3, -0.25) is 9.59 Å². The van der Waals surface area contributed by atoms with Crippen LogP contribution in [-0.2, 0) is 22.6 Å². The summed E-state index contributed by atoms with van der Waals surface area (Å²) >= 11 is 0. The first-order valence-corrected chi connectivity index (χ1v) is 8.77. The molecular weight excluding hydrogens is 347 g/mol. The lowest BCUT2D eigenvalue weighted by Gasteiger charge is -2.11. The molecule has 0 radical (unpaired) electrons. The number of imidazole rings is 1. The topological polar surface area (TPSA) is 76.0 Å². The molecule has 3 aromatic rings. The van der Waals surface area contributed by atoms with Crippen LogP contribution in [0.3, 0.4) is 0 Å². The van der Waals surface area contributed by atoms with E-state index in [4.69, 9.17) is 0 Å². The van der Waals surface area contributed by atoms with E-state index >= 15 is 0 Å². The molecule has 1 heterocycles. The Balaban J connectivity index is 1.77. The number of hydrogen-bond donors (Lipinski definition) is 2. The average Bonchev–Trinajstić information content (AvgIpc) is 2.98. The number of fused-ring (bicyclic) bond motifs is 1. The van der Waals surface area contributed by atoms with Crippen molar-refractivity contribution in [2.24, 2.45) is 0 Å². The van der Waals surface area contributed by atoms with Gasteiger partial charge in [-0.1, -0.05) is 24.3 Å². The number of hydrogen-bond acceptors (Lipinski definition) is 3. The van der Waals surface area contributed by atoms with Gasteiger partial charge in [0.1, 0.15) is 18.2 Å². The summed E-state index contributed by atoms with van der Waals surface area (Å²) in [7, 11) is 0. The molecule has 0 bridgehead atoms. The number of aryl methyl sites for hydroxylation is 1. The number of rotatable bonds is 7. The minimum atomic E-state index is -0.475. The molecule has 2 aromatic carbocycles. The van der Waals surface area contributed by atoms with Crippen LogP contribution in [0.1, 0.15) is 19.2 Å². The van der Waals surface area contributed by atoms with E-state index in [1.807, 2.05) is 28.8 Å². The van der Waals surface area contributed by atoms with E-state index < -0.39 is 5.82 Å². The molecule has 140 valence electrons. The van der Waals surface area contributed by atoms with Crippen LogP contribution in [-0.4, -0.2) is 27.9 Å². The Kier molecular flexibility index (Phi) is 5.80. The van der Waals surface area contributed by atoms with Gasteiger partial charge < -0.3 is 15.2 Å². The highest BCUT2D eigenvalue weighted by Gasteiger charge is 2.14. The molecule has 2 N–H and O–H groups in total. The first-order valence-electron chi connectivity index (χ1n) is 8.77. The molecule has 0 atom stereocenters. The van der Waals surface area contributed by atoms with Crippen molar-refractivity contribution < 1.29 is 14.0 Å². The lowest BCUT2D eigenvalue weighted by Crippen LogP contribution is -2.23. The first-order chi connectivity index (χ1) is 13.0. The number of aromatic nitrogens is 2. The molecule has 0 saturated heterocycles. The summed E-state index contributed by atoms with van der Waals surface area (Å²) < 4.78 is 15.6. The lowest BCUT2D eigenvalue weighted by atomic mass is 10.2. The third-order valence-corrected chi connectivity index (χ3v) is 4.13. The Labute approximate surface area is 156 Å². The van der Waals surface area contributed by atoms with Crippen molar-refractivity contribution in [3.63, 3.8) is 0 Å². The molecule has 0 aliphatic heterocycles. The predicted molar refractivity (Wildman–Crippen MR) is 102 cm³/mol. The van der Waals surface area contributed by atoms with E-state index in [1.165, 1.54) is 19.1 Å². The second kappa shape index (κ2) is 8.44. The van der Waals surface area contributed by atoms with Crippen LogP contribution in [0.4, 0.5) is 10.1 Å². The van der Waals surface area contributed by atoms with Crippen molar-refractivity contribution >= 4 is 28.5 Å². The molecule has 0 spiro atoms. The summed E-state index contributed by atoms with van der Waals surface area (Å²) in [5.41, 5.74) is 1.79. The van der Waals surface area contributed by atoms with Crippen LogP contribution >= 0.6 is 0 Å². The predicted octanol–water partition coefficient (Wildman–Crippen LogP) is 2.88. The highest BCUT2D eigenvalue weighted by atomic mass is 19.1. The van der Waals surface area contributed by atoms with Crippen LogP contribution < -0.4 is 10.6 Å². The van der Waals surface area contributed by atoms with Crippen molar-refractivity contribution in [2.75, 3.05) is 11.9 Å². The van der Waals surface area contributed by atoms with Crippen LogP contribution in [0.15, 0.2) is 48.5 Å². The maximum absolute atomic E-state index is 13.8. The van der Waals surface area contributed by atoms with Crippen LogP contribution in [0.25, 0.3) is 11.0 Å². The van der Waals surface area contributed by atoms with Gasteiger partial charge in [-0.2, -0.15) is 0 Å². The van der Waals surface area contributed by atoms with Gasteiger partial charge in [0.15, 0.2) is 0 Å². The molecule has 0 saturated carbocycles. The molecule has 3 rings (SSSR count). The first kappa shape index (κ1) is 18.6. The Morgan fingerprint density at radius 3 is 2.63 bits per heavy atom. The monoisotopic (exact) mass is 368 g/mol. The van der Waals surface area contributed by atoms with Gasteiger partial charge in [0.05, 0.1) is 16.7 Å². The van der Waals surface area contributed by atoms with Gasteiger partial charge in [0.2, 0.25) is 11.8 Å². The fourth-order valence-corrected chi connectivity index (χ4v) is 2.90. The second-order valence-electron chi connectivity index (χ2n) is 6.22. The van der Waals surface area contributed by atoms with E-state index in [1.54, 1.807) is 12.1 Å². The van der Waals surface area contributed by atoms with E-state index in [9.17, 15) is 14.0 Å². The Hall–Kier alpha value is -3.22. The summed E-state index contributed by atoms with van der Waals surface area (Å²) in [6.07, 6.45) is 1.32. The van der Waals surface area contributed by atoms with E-state index in [0.717, 1.165) is 16.9 Å². The van der Waals surface area contributed by atoms with Crippen molar-refractivity contribution in [1.29, 1.82) is 0 Å². The number of benzene rings is 2. The standard InChI is InChI=1S/C20H21FN4O2/c1-14(26)22-12-6-11-19-23-17-9-4-5-10-18(17)25(19)13-20(27)24-16-8-3-2-7-15(16)21/h2-5,7-10H,6,11-13H2,1H3,(H,22,26)(H,24,27). The van der Waals surface area contributed by atoms with Crippen molar-refractivity contribution in [3.05, 3.63) is 60.2 Å². The molecular formula is C20H21FN4O2. The smallest absolute Gasteiger partial charge is 0.244 e. The summed E-state index contributed by atoms with van der Waals surface area (Å²) in [6, 6.07) is 13.6. The number of carbonyl (C=O) groups is 2. The van der Waals surface area contributed by atoms with Gasteiger partial charge >= 0.3 is 0 Å². The summed E-state index contributed by atoms with van der Waals surface area (Å²) in [5.74, 6) is -0.124. The quantitative estimate of drug-likeness (QED) is 0.630. The van der Waals surface area contributed by atoms with Gasteiger partial charge in [-0.15, -0.1) is 0 Å². The van der Waals surface area contributed by atoms with Crippen molar-refractivity contribution in [1.82, 2.24) is 14.9 Å². The number of halogens is 1. The van der Waals surface area contributed by atoms with Gasteiger partial charge in [0, 0.05) is 19.9 Å². The highest BCUT2D eigenvalue weighted by Crippen LogP contribution is 2.18. The number of carbonyl (C=O) groups excluding carboxylic acids is 2. The minimum absolute atomic E-state index is 0.0321. The van der Waals surface area contributed by atoms with E-state index in [0.29, 0.717) is 19.4 Å². The zero-order valence-electron chi connectivity index (χ0n) is 15.0. The largest absolute Gasteiger partial charge is 0.356 e. The summed E-state index contributed by atoms with van der Waals surface area (Å²) in [5, 5.41) is 5.35. The highest BCUT2D eigenvalue weighted by molar-refractivity contribution is 5.91. The number of nitrogens with zero attached hydrogens (tertiary/aromatic N) is 2. The zero-order chi connectivity index (χ0) is 19.2. The van der Waals surface area contributed by atoms with Crippen molar-refractivity contribution in [3.8, 4) is 0 Å². The number of anilines is 1. The molecule has 0 aliphatic rings. The third kappa shape index (κ3) is 4.69. The summed E-state index contributed by atoms with van der Waals surface area (Å²) in [4.78, 5) is 28.1. The minimum Gasteiger partial charge on any atom is -0.356 e. The molecule has 7 heteroatoms. The Bertz CT molecular complexity index is 968. The SMILES string of the molecule is CC(=O)NCCCc1nc2ccccc2n1CC(=O)Nc1ccccc1F. The van der Waals surface area contributed by atoms with E-state index in [2.05, 4.69) is 15.6 Å². The van der Waals surface area contributed by atoms with Gasteiger partial charge in [-0.25, -0.2) is 9.37 Å². The normalized spacial score (nSPS) is 10.7. The fourth-order valence-electron chi connectivity index (χ4n) is 2.90. The molecule has 1 aromatic heterocycles. The van der Waals surface area contributed by atoms with Crippen molar-refractivity contribution in [2.45, 2.75) is 26.3 Å².